The molecule has 0 aromatic carbocycles. The number of nitrogens with zero attached hydrogens (tertiary/aromatic N) is 1. The van der Waals surface area contributed by atoms with Crippen molar-refractivity contribution in [1.29, 1.82) is 0 Å². The van der Waals surface area contributed by atoms with Crippen molar-refractivity contribution < 1.29 is 4.42 Å². The van der Waals surface area contributed by atoms with Gasteiger partial charge < -0.3 is 10.2 Å². The highest BCUT2D eigenvalue weighted by Crippen LogP contribution is 2.22. The number of furan rings is 1. The van der Waals surface area contributed by atoms with Crippen LogP contribution in [0.4, 0.5) is 0 Å². The zero-order chi connectivity index (χ0) is 11.3. The lowest BCUT2D eigenvalue weighted by Gasteiger charge is -2.31. The van der Waals surface area contributed by atoms with E-state index in [9.17, 15) is 0 Å². The van der Waals surface area contributed by atoms with Gasteiger partial charge in [0.05, 0.1) is 12.3 Å². The molecular weight excluding hydrogens is 188 g/mol. The fourth-order valence-corrected chi connectivity index (χ4v) is 1.89. The summed E-state index contributed by atoms with van der Waals surface area (Å²) >= 11 is 0. The molecule has 15 heavy (non-hydrogen) atoms. The second-order valence-corrected chi connectivity index (χ2v) is 4.07. The summed E-state index contributed by atoms with van der Waals surface area (Å²) in [6, 6.07) is 4.64. The van der Waals surface area contributed by atoms with Crippen LogP contribution in [0, 0.1) is 0 Å². The van der Waals surface area contributed by atoms with E-state index in [0.29, 0.717) is 12.6 Å². The normalized spacial score (nSPS) is 15.5. The minimum atomic E-state index is 0.196. The molecule has 0 saturated carbocycles. The molecule has 0 aliphatic carbocycles. The van der Waals surface area contributed by atoms with Gasteiger partial charge in [-0.2, -0.15) is 0 Å². The van der Waals surface area contributed by atoms with Gasteiger partial charge in [0.15, 0.2) is 0 Å². The highest BCUT2D eigenvalue weighted by molar-refractivity contribution is 5.05. The summed E-state index contributed by atoms with van der Waals surface area (Å²) in [5.41, 5.74) is 5.80. The smallest absolute Gasteiger partial charge is 0.122 e. The number of nitrogens with two attached hydrogens (primary N) is 1. The van der Waals surface area contributed by atoms with Gasteiger partial charge in [0, 0.05) is 12.6 Å². The first-order chi connectivity index (χ1) is 7.20. The third kappa shape index (κ3) is 3.08. The Kier molecular flexibility index (Phi) is 4.85. The Hall–Kier alpha value is -0.800. The average Bonchev–Trinajstić information content (AvgIpc) is 2.72. The SMILES string of the molecule is CCCC(C)N(C)C(CN)c1ccco1. The minimum absolute atomic E-state index is 0.196. The second kappa shape index (κ2) is 5.93. The standard InChI is InChI=1S/C12H22N2O/c1-4-6-10(2)14(3)11(9-13)12-7-5-8-15-12/h5,7-8,10-11H,4,6,9,13H2,1-3H3. The monoisotopic (exact) mass is 210 g/mol. The Morgan fingerprint density at radius 2 is 2.27 bits per heavy atom. The van der Waals surface area contributed by atoms with Gasteiger partial charge in [-0.15, -0.1) is 0 Å². The Balaban J connectivity index is 2.66. The van der Waals surface area contributed by atoms with E-state index >= 15 is 0 Å². The zero-order valence-electron chi connectivity index (χ0n) is 9.94. The Morgan fingerprint density at radius 3 is 2.73 bits per heavy atom. The maximum Gasteiger partial charge on any atom is 0.122 e. The van der Waals surface area contributed by atoms with E-state index in [4.69, 9.17) is 10.2 Å². The fourth-order valence-electron chi connectivity index (χ4n) is 1.89. The molecule has 0 aliphatic heterocycles. The molecule has 2 N–H and O–H groups in total. The predicted molar refractivity (Wildman–Crippen MR) is 62.6 cm³/mol. The lowest BCUT2D eigenvalue weighted by molar-refractivity contribution is 0.160. The average molecular weight is 210 g/mol. The zero-order valence-corrected chi connectivity index (χ0v) is 9.94. The van der Waals surface area contributed by atoms with E-state index in [1.807, 2.05) is 12.1 Å². The van der Waals surface area contributed by atoms with Crippen molar-refractivity contribution >= 4 is 0 Å². The summed E-state index contributed by atoms with van der Waals surface area (Å²) in [5, 5.41) is 0. The molecule has 86 valence electrons. The van der Waals surface area contributed by atoms with Crippen LogP contribution in [0.1, 0.15) is 38.5 Å². The molecule has 0 radical (unpaired) electrons. The summed E-state index contributed by atoms with van der Waals surface area (Å²) in [4.78, 5) is 2.29. The molecule has 0 fully saturated rings. The molecule has 0 amide bonds. The predicted octanol–water partition coefficient (Wildman–Crippen LogP) is 2.40. The van der Waals surface area contributed by atoms with Crippen molar-refractivity contribution in [1.82, 2.24) is 4.90 Å². The Morgan fingerprint density at radius 1 is 1.53 bits per heavy atom. The Labute approximate surface area is 92.2 Å². The highest BCUT2D eigenvalue weighted by atomic mass is 16.3. The summed E-state index contributed by atoms with van der Waals surface area (Å²) in [7, 11) is 2.11. The van der Waals surface area contributed by atoms with Gasteiger partial charge in [-0.1, -0.05) is 13.3 Å². The van der Waals surface area contributed by atoms with Crippen LogP contribution in [0.3, 0.4) is 0 Å². The lowest BCUT2D eigenvalue weighted by atomic mass is 10.1. The maximum absolute atomic E-state index is 5.80. The lowest BCUT2D eigenvalue weighted by Crippen LogP contribution is -2.36. The van der Waals surface area contributed by atoms with Crippen LogP contribution in [-0.2, 0) is 0 Å². The third-order valence-electron chi connectivity index (χ3n) is 2.99. The van der Waals surface area contributed by atoms with Crippen LogP contribution < -0.4 is 5.73 Å². The fraction of sp³-hybridized carbons (Fsp3) is 0.667. The molecule has 0 saturated heterocycles. The molecule has 1 heterocycles. The van der Waals surface area contributed by atoms with Crippen LogP contribution in [0.5, 0.6) is 0 Å². The summed E-state index contributed by atoms with van der Waals surface area (Å²) in [6.07, 6.45) is 4.09. The van der Waals surface area contributed by atoms with E-state index in [0.717, 1.165) is 5.76 Å². The molecule has 2 unspecified atom stereocenters. The molecule has 3 nitrogen and oxygen atoms in total. The van der Waals surface area contributed by atoms with Crippen LogP contribution >= 0.6 is 0 Å². The van der Waals surface area contributed by atoms with E-state index in [1.54, 1.807) is 6.26 Å². The first-order valence-corrected chi connectivity index (χ1v) is 5.66. The molecule has 2 atom stereocenters. The second-order valence-electron chi connectivity index (χ2n) is 4.07. The van der Waals surface area contributed by atoms with Crippen LogP contribution in [0.25, 0.3) is 0 Å². The molecule has 1 rings (SSSR count). The van der Waals surface area contributed by atoms with Crippen molar-refractivity contribution in [2.24, 2.45) is 5.73 Å². The van der Waals surface area contributed by atoms with Crippen molar-refractivity contribution in [3.05, 3.63) is 24.2 Å². The van der Waals surface area contributed by atoms with E-state index in [1.165, 1.54) is 12.8 Å². The minimum Gasteiger partial charge on any atom is -0.468 e. The van der Waals surface area contributed by atoms with Crippen molar-refractivity contribution in [3.63, 3.8) is 0 Å². The van der Waals surface area contributed by atoms with Crippen molar-refractivity contribution in [2.75, 3.05) is 13.6 Å². The third-order valence-corrected chi connectivity index (χ3v) is 2.99. The highest BCUT2D eigenvalue weighted by Gasteiger charge is 2.21. The van der Waals surface area contributed by atoms with E-state index in [-0.39, 0.29) is 6.04 Å². The first-order valence-electron chi connectivity index (χ1n) is 5.66. The topological polar surface area (TPSA) is 42.4 Å². The van der Waals surface area contributed by atoms with E-state index in [2.05, 4.69) is 25.8 Å². The van der Waals surface area contributed by atoms with Gasteiger partial charge in [0.25, 0.3) is 0 Å². The maximum atomic E-state index is 5.80. The number of hydrogen-bond acceptors (Lipinski definition) is 3. The van der Waals surface area contributed by atoms with Gasteiger partial charge in [0.1, 0.15) is 5.76 Å². The number of hydrogen-bond donors (Lipinski definition) is 1. The molecule has 3 heteroatoms. The molecule has 0 aliphatic rings. The number of likely N-dealkylation sites (N-methyl/N-ethyl adjacent to an activating group) is 1. The van der Waals surface area contributed by atoms with Crippen LogP contribution in [-0.4, -0.2) is 24.5 Å². The summed E-state index contributed by atoms with van der Waals surface area (Å²) in [5.74, 6) is 0.961. The quantitative estimate of drug-likeness (QED) is 0.784. The molecule has 0 bridgehead atoms. The van der Waals surface area contributed by atoms with E-state index < -0.39 is 0 Å². The first kappa shape index (κ1) is 12.3. The summed E-state index contributed by atoms with van der Waals surface area (Å²) < 4.78 is 5.41. The van der Waals surface area contributed by atoms with Gasteiger partial charge in [0.2, 0.25) is 0 Å². The van der Waals surface area contributed by atoms with Gasteiger partial charge in [-0.25, -0.2) is 0 Å². The van der Waals surface area contributed by atoms with Gasteiger partial charge in [-0.05, 0) is 32.5 Å². The Bertz CT molecular complexity index is 259. The molecule has 0 spiro atoms. The van der Waals surface area contributed by atoms with Gasteiger partial charge >= 0.3 is 0 Å². The molecular formula is C12H22N2O. The largest absolute Gasteiger partial charge is 0.468 e. The summed E-state index contributed by atoms with van der Waals surface area (Å²) in [6.45, 7) is 5.03. The molecule has 1 aromatic heterocycles. The number of rotatable bonds is 6. The van der Waals surface area contributed by atoms with Crippen molar-refractivity contribution in [3.8, 4) is 0 Å². The van der Waals surface area contributed by atoms with Crippen molar-refractivity contribution in [2.45, 2.75) is 38.8 Å². The molecule has 1 aromatic rings. The van der Waals surface area contributed by atoms with Crippen LogP contribution in [0.2, 0.25) is 0 Å². The van der Waals surface area contributed by atoms with Crippen LogP contribution in [0.15, 0.2) is 22.8 Å². The van der Waals surface area contributed by atoms with Gasteiger partial charge in [-0.3, -0.25) is 4.90 Å².